The van der Waals surface area contributed by atoms with Gasteiger partial charge in [0.2, 0.25) is 23.6 Å². The first-order valence-electron chi connectivity index (χ1n) is 12.3. The Morgan fingerprint density at radius 2 is 2.03 bits per heavy atom. The number of alkyl halides is 2. The van der Waals surface area contributed by atoms with E-state index in [0.717, 1.165) is 6.42 Å². The lowest BCUT2D eigenvalue weighted by Crippen LogP contribution is -2.53. The van der Waals surface area contributed by atoms with Crippen molar-refractivity contribution in [2.75, 3.05) is 13.1 Å². The number of rotatable bonds is 6. The monoisotopic (exact) mass is 535 g/mol. The van der Waals surface area contributed by atoms with Gasteiger partial charge in [0.15, 0.2) is 0 Å². The Bertz CT molecular complexity index is 1270. The van der Waals surface area contributed by atoms with Gasteiger partial charge < -0.3 is 26.3 Å². The smallest absolute Gasteiger partial charge is 0.271 e. The minimum Gasteiger partial charge on any atom is -0.368 e. The standard InChI is InChI=1S/C25H28ClF2N5O4/c26-15-5-1-3-13-7-17(31-19(13)15)23(37)33-12-24(10-25(27,28)11-24)9-18(33)22(36)32-16(20(29)34)8-14-4-2-6-30-21(14)35/h1,3,5,7,14,16,18,31H,2,4,6,8-12H2,(H2,29,34)(H,30,35)(H,32,36)/t14-,16-,18?/m0/s1. The van der Waals surface area contributed by atoms with Crippen molar-refractivity contribution in [2.45, 2.75) is 56.5 Å². The van der Waals surface area contributed by atoms with E-state index in [1.54, 1.807) is 24.3 Å². The summed E-state index contributed by atoms with van der Waals surface area (Å²) in [5, 5.41) is 6.44. The quantitative estimate of drug-likeness (QED) is 0.451. The Hall–Kier alpha value is -3.21. The number of nitrogens with one attached hydrogen (secondary N) is 3. The summed E-state index contributed by atoms with van der Waals surface area (Å²) in [6.07, 6.45) is 0.516. The zero-order valence-electron chi connectivity index (χ0n) is 20.0. The molecular formula is C25H28ClF2N5O4. The molecule has 2 aliphatic heterocycles. The molecule has 1 aromatic carbocycles. The number of likely N-dealkylation sites (tertiary alicyclic amines) is 1. The lowest BCUT2D eigenvalue weighted by atomic mass is 9.65. The van der Waals surface area contributed by atoms with Crippen LogP contribution in [0.2, 0.25) is 5.02 Å². The highest BCUT2D eigenvalue weighted by molar-refractivity contribution is 6.35. The number of fused-ring (bicyclic) bond motifs is 1. The zero-order valence-corrected chi connectivity index (χ0v) is 20.7. The van der Waals surface area contributed by atoms with E-state index in [-0.39, 0.29) is 31.0 Å². The van der Waals surface area contributed by atoms with Gasteiger partial charge in [0, 0.05) is 42.7 Å². The van der Waals surface area contributed by atoms with Crippen molar-refractivity contribution in [2.24, 2.45) is 17.1 Å². The summed E-state index contributed by atoms with van der Waals surface area (Å²) >= 11 is 6.22. The first-order chi connectivity index (χ1) is 17.5. The van der Waals surface area contributed by atoms with E-state index in [0.29, 0.717) is 28.9 Å². The molecule has 37 heavy (non-hydrogen) atoms. The Balaban J connectivity index is 1.38. The summed E-state index contributed by atoms with van der Waals surface area (Å²) in [5.41, 5.74) is 5.37. The molecule has 1 spiro atoms. The van der Waals surface area contributed by atoms with Crippen LogP contribution in [0.15, 0.2) is 24.3 Å². The van der Waals surface area contributed by atoms with Gasteiger partial charge in [-0.3, -0.25) is 19.2 Å². The molecule has 3 aliphatic rings. The maximum Gasteiger partial charge on any atom is 0.271 e. The number of aromatic nitrogens is 1. The average molecular weight is 536 g/mol. The van der Waals surface area contributed by atoms with Crippen LogP contribution < -0.4 is 16.4 Å². The van der Waals surface area contributed by atoms with Crippen LogP contribution in [0.1, 0.15) is 49.0 Å². The molecule has 5 N–H and O–H groups in total. The maximum atomic E-state index is 13.9. The van der Waals surface area contributed by atoms with E-state index >= 15 is 0 Å². The summed E-state index contributed by atoms with van der Waals surface area (Å²) in [6, 6.07) is 4.57. The molecular weight excluding hydrogens is 508 g/mol. The largest absolute Gasteiger partial charge is 0.368 e. The van der Waals surface area contributed by atoms with Crippen LogP contribution in [0.3, 0.4) is 0 Å². The first kappa shape index (κ1) is 25.4. The second-order valence-corrected chi connectivity index (χ2v) is 11.0. The number of carbonyl (C=O) groups is 4. The minimum absolute atomic E-state index is 0.0190. The lowest BCUT2D eigenvalue weighted by molar-refractivity contribution is -0.155. The molecule has 198 valence electrons. The van der Waals surface area contributed by atoms with Crippen LogP contribution in [-0.4, -0.2) is 64.6 Å². The number of carbonyl (C=O) groups excluding carboxylic acids is 4. The summed E-state index contributed by atoms with van der Waals surface area (Å²) < 4.78 is 27.8. The Kier molecular flexibility index (Phi) is 6.37. The lowest BCUT2D eigenvalue weighted by Gasteiger charge is -2.44. The maximum absolute atomic E-state index is 13.9. The highest BCUT2D eigenvalue weighted by Crippen LogP contribution is 2.58. The van der Waals surface area contributed by atoms with Crippen molar-refractivity contribution in [3.63, 3.8) is 0 Å². The van der Waals surface area contributed by atoms with Crippen LogP contribution in [0.4, 0.5) is 8.78 Å². The Morgan fingerprint density at radius 1 is 1.27 bits per heavy atom. The van der Waals surface area contributed by atoms with Crippen LogP contribution in [0, 0.1) is 11.3 Å². The van der Waals surface area contributed by atoms with Crippen molar-refractivity contribution in [1.82, 2.24) is 20.5 Å². The first-order valence-corrected chi connectivity index (χ1v) is 12.7. The second kappa shape index (κ2) is 9.27. The van der Waals surface area contributed by atoms with Gasteiger partial charge >= 0.3 is 0 Å². The molecule has 12 heteroatoms. The van der Waals surface area contributed by atoms with E-state index in [9.17, 15) is 28.0 Å². The van der Waals surface area contributed by atoms with Crippen LogP contribution in [0.25, 0.3) is 10.9 Å². The van der Waals surface area contributed by atoms with Crippen LogP contribution in [-0.2, 0) is 14.4 Å². The number of nitrogens with two attached hydrogens (primary N) is 1. The molecule has 0 bridgehead atoms. The highest BCUT2D eigenvalue weighted by Gasteiger charge is 2.62. The third kappa shape index (κ3) is 4.88. The van der Waals surface area contributed by atoms with Gasteiger partial charge in [-0.05, 0) is 37.8 Å². The number of amides is 4. The summed E-state index contributed by atoms with van der Waals surface area (Å²) in [5.74, 6) is -5.54. The predicted octanol–water partition coefficient (Wildman–Crippen LogP) is 2.34. The number of hydrogen-bond donors (Lipinski definition) is 4. The van der Waals surface area contributed by atoms with Gasteiger partial charge in [-0.2, -0.15) is 0 Å². The van der Waals surface area contributed by atoms with E-state index in [2.05, 4.69) is 15.6 Å². The summed E-state index contributed by atoms with van der Waals surface area (Å²) in [4.78, 5) is 55.6. The molecule has 1 aliphatic carbocycles. The molecule has 3 heterocycles. The molecule has 2 saturated heterocycles. The molecule has 5 rings (SSSR count). The normalized spacial score (nSPS) is 24.9. The molecule has 3 fully saturated rings. The van der Waals surface area contributed by atoms with Gasteiger partial charge in [-0.25, -0.2) is 8.78 Å². The van der Waals surface area contributed by atoms with Gasteiger partial charge in [0.25, 0.3) is 5.91 Å². The van der Waals surface area contributed by atoms with Gasteiger partial charge in [0.05, 0.1) is 10.5 Å². The number of para-hydroxylation sites is 1. The number of benzene rings is 1. The topological polar surface area (TPSA) is 137 Å². The van der Waals surface area contributed by atoms with Gasteiger partial charge in [0.1, 0.15) is 17.8 Å². The van der Waals surface area contributed by atoms with E-state index in [1.807, 2.05) is 0 Å². The average Bonchev–Trinajstić information content (AvgIpc) is 3.42. The summed E-state index contributed by atoms with van der Waals surface area (Å²) in [7, 11) is 0. The van der Waals surface area contributed by atoms with Crippen LogP contribution in [0.5, 0.6) is 0 Å². The molecule has 1 saturated carbocycles. The molecule has 1 unspecified atom stereocenters. The van der Waals surface area contributed by atoms with Crippen molar-refractivity contribution >= 4 is 46.1 Å². The minimum atomic E-state index is -2.85. The van der Waals surface area contributed by atoms with Crippen molar-refractivity contribution in [3.8, 4) is 0 Å². The number of aromatic amines is 1. The molecule has 9 nitrogen and oxygen atoms in total. The number of nitrogens with zero attached hydrogens (tertiary/aromatic N) is 1. The molecule has 4 amide bonds. The molecule has 3 atom stereocenters. The van der Waals surface area contributed by atoms with Gasteiger partial charge in [-0.1, -0.05) is 23.7 Å². The van der Waals surface area contributed by atoms with Crippen molar-refractivity contribution < 1.29 is 28.0 Å². The third-order valence-electron chi connectivity index (χ3n) is 7.75. The third-order valence-corrected chi connectivity index (χ3v) is 8.07. The fourth-order valence-electron chi connectivity index (χ4n) is 6.05. The zero-order chi connectivity index (χ0) is 26.5. The van der Waals surface area contributed by atoms with Gasteiger partial charge in [-0.15, -0.1) is 0 Å². The molecule has 2 aromatic rings. The van der Waals surface area contributed by atoms with Crippen LogP contribution >= 0.6 is 11.6 Å². The summed E-state index contributed by atoms with van der Waals surface area (Å²) in [6.45, 7) is 0.530. The molecule has 1 aromatic heterocycles. The van der Waals surface area contributed by atoms with Crippen molar-refractivity contribution in [3.05, 3.63) is 35.0 Å². The fourth-order valence-corrected chi connectivity index (χ4v) is 6.28. The van der Waals surface area contributed by atoms with E-state index in [1.165, 1.54) is 4.90 Å². The number of hydrogen-bond acceptors (Lipinski definition) is 4. The predicted molar refractivity (Wildman–Crippen MR) is 131 cm³/mol. The SMILES string of the molecule is NC(=O)[C@H](C[C@@H]1CCCNC1=O)NC(=O)C1CC2(CN1C(=O)c1cc3cccc(Cl)c3[nH]1)CC(F)(F)C2. The Labute approximate surface area is 216 Å². The highest BCUT2D eigenvalue weighted by atomic mass is 35.5. The number of H-pyrrole nitrogens is 1. The molecule has 0 radical (unpaired) electrons. The van der Waals surface area contributed by atoms with E-state index in [4.69, 9.17) is 17.3 Å². The fraction of sp³-hybridized carbons (Fsp3) is 0.520. The van der Waals surface area contributed by atoms with E-state index < -0.39 is 59.9 Å². The van der Waals surface area contributed by atoms with Crippen molar-refractivity contribution in [1.29, 1.82) is 0 Å². The second-order valence-electron chi connectivity index (χ2n) is 10.6. The Morgan fingerprint density at radius 3 is 2.68 bits per heavy atom. The number of primary amides is 1. The number of piperidine rings is 1. The number of halogens is 3.